The van der Waals surface area contributed by atoms with E-state index < -0.39 is 57.8 Å². The summed E-state index contributed by atoms with van der Waals surface area (Å²) in [6.45, 7) is 4.25. The monoisotopic (exact) mass is 1020 g/mol. The van der Waals surface area contributed by atoms with Crippen LogP contribution in [0.5, 0.6) is 0 Å². The molecule has 0 aliphatic carbocycles. The largest absolute Gasteiger partial charge is 0.472 e. The molecular weight excluding hydrogens is 928 g/mol. The van der Waals surface area contributed by atoms with Crippen LogP contribution in [0, 0.1) is 0 Å². The highest BCUT2D eigenvalue weighted by atomic mass is 31.2. The number of aliphatic hydroxyl groups excluding tert-OH is 1. The minimum atomic E-state index is -4.77. The van der Waals surface area contributed by atoms with Crippen LogP contribution < -0.4 is 0 Å². The van der Waals surface area contributed by atoms with E-state index in [0.717, 1.165) is 128 Å². The van der Waals surface area contributed by atoms with E-state index in [2.05, 4.69) is 142 Å². The fourth-order valence-electron chi connectivity index (χ4n) is 6.71. The average Bonchev–Trinajstić information content (AvgIpc) is 3.37. The molecule has 0 aromatic rings. The number of carbonyl (C=O) groups is 3. The number of aliphatic hydroxyl groups is 1. The molecule has 12 heteroatoms. The number of hydrogen-bond donors (Lipinski definition) is 2. The summed E-state index contributed by atoms with van der Waals surface area (Å²) in [6, 6.07) is 0. The molecule has 408 valence electrons. The number of phosphoric acid groups is 1. The lowest BCUT2D eigenvalue weighted by Gasteiger charge is -2.21. The Hall–Kier alpha value is -4.12. The first kappa shape index (κ1) is 67.9. The van der Waals surface area contributed by atoms with Crippen molar-refractivity contribution >= 4 is 25.7 Å². The predicted octanol–water partition coefficient (Wildman–Crippen LogP) is 16.0. The molecule has 0 fully saturated rings. The van der Waals surface area contributed by atoms with E-state index in [1.165, 1.54) is 12.8 Å². The Balaban J connectivity index is 4.89. The van der Waals surface area contributed by atoms with Gasteiger partial charge < -0.3 is 24.2 Å². The lowest BCUT2D eigenvalue weighted by Crippen LogP contribution is -2.30. The molecular formula is C60H97O11P. The number of ether oxygens (including phenoxy) is 3. The van der Waals surface area contributed by atoms with Gasteiger partial charge >= 0.3 is 25.7 Å². The number of hydrogen-bond acceptors (Lipinski definition) is 10. The maximum absolute atomic E-state index is 12.9. The molecule has 0 aromatic heterocycles. The second-order valence-electron chi connectivity index (χ2n) is 17.6. The van der Waals surface area contributed by atoms with E-state index in [-0.39, 0.29) is 25.9 Å². The molecule has 0 spiro atoms. The predicted molar refractivity (Wildman–Crippen MR) is 297 cm³/mol. The van der Waals surface area contributed by atoms with Crippen LogP contribution in [0.15, 0.2) is 122 Å². The summed E-state index contributed by atoms with van der Waals surface area (Å²) >= 11 is 0. The summed E-state index contributed by atoms with van der Waals surface area (Å²) in [5.74, 6) is -1.58. The first-order valence-electron chi connectivity index (χ1n) is 27.4. The molecule has 72 heavy (non-hydrogen) atoms. The second kappa shape index (κ2) is 53.2. The van der Waals surface area contributed by atoms with Gasteiger partial charge in [0.25, 0.3) is 0 Å². The van der Waals surface area contributed by atoms with Crippen LogP contribution in [0.1, 0.15) is 201 Å². The molecule has 0 amide bonds. The lowest BCUT2D eigenvalue weighted by atomic mass is 10.1. The topological polar surface area (TPSA) is 155 Å². The van der Waals surface area contributed by atoms with E-state index in [4.69, 9.17) is 23.3 Å². The summed E-state index contributed by atoms with van der Waals surface area (Å²) in [5.41, 5.74) is 0. The first-order chi connectivity index (χ1) is 35.2. The maximum Gasteiger partial charge on any atom is 0.472 e. The van der Waals surface area contributed by atoms with Gasteiger partial charge in [-0.15, -0.1) is 0 Å². The van der Waals surface area contributed by atoms with Crippen molar-refractivity contribution in [2.45, 2.75) is 213 Å². The maximum atomic E-state index is 12.9. The van der Waals surface area contributed by atoms with Gasteiger partial charge in [-0.25, -0.2) is 4.57 Å². The Morgan fingerprint density at radius 3 is 1.17 bits per heavy atom. The number of rotatable bonds is 49. The third-order valence-corrected chi connectivity index (χ3v) is 11.8. The van der Waals surface area contributed by atoms with Crippen molar-refractivity contribution in [2.75, 3.05) is 26.4 Å². The summed E-state index contributed by atoms with van der Waals surface area (Å²) in [5, 5.41) is 9.78. The van der Waals surface area contributed by atoms with Crippen molar-refractivity contribution in [1.82, 2.24) is 0 Å². The number of esters is 3. The van der Waals surface area contributed by atoms with Gasteiger partial charge in [0, 0.05) is 19.3 Å². The third kappa shape index (κ3) is 50.8. The number of allylic oxidation sites excluding steroid dienone is 20. The van der Waals surface area contributed by atoms with Crippen molar-refractivity contribution in [3.05, 3.63) is 122 Å². The smallest absolute Gasteiger partial charge is 0.462 e. The Morgan fingerprint density at radius 1 is 0.403 bits per heavy atom. The Labute approximate surface area is 437 Å². The van der Waals surface area contributed by atoms with Gasteiger partial charge in [0.05, 0.1) is 19.8 Å². The van der Waals surface area contributed by atoms with E-state index in [1.54, 1.807) is 0 Å². The van der Waals surface area contributed by atoms with Gasteiger partial charge in [-0.05, 0) is 122 Å². The summed E-state index contributed by atoms with van der Waals surface area (Å²) in [7, 11) is -4.77. The molecule has 0 radical (unpaired) electrons. The fourth-order valence-corrected chi connectivity index (χ4v) is 7.49. The highest BCUT2D eigenvalue weighted by Crippen LogP contribution is 2.43. The molecule has 0 heterocycles. The molecule has 3 unspecified atom stereocenters. The van der Waals surface area contributed by atoms with Gasteiger partial charge in [0.2, 0.25) is 0 Å². The van der Waals surface area contributed by atoms with Crippen LogP contribution in [0.4, 0.5) is 0 Å². The van der Waals surface area contributed by atoms with Crippen LogP contribution in [-0.4, -0.2) is 66.5 Å². The molecule has 11 nitrogen and oxygen atoms in total. The Bertz CT molecular complexity index is 1670. The molecule has 0 saturated carbocycles. The highest BCUT2D eigenvalue weighted by Gasteiger charge is 2.28. The Morgan fingerprint density at radius 2 is 0.722 bits per heavy atom. The Kier molecular flexibility index (Phi) is 50.1. The molecule has 2 N–H and O–H groups in total. The quantitative estimate of drug-likeness (QED) is 0.0197. The zero-order valence-corrected chi connectivity index (χ0v) is 45.7. The minimum absolute atomic E-state index is 0.112. The van der Waals surface area contributed by atoms with Gasteiger partial charge in [-0.3, -0.25) is 23.4 Å². The van der Waals surface area contributed by atoms with Crippen molar-refractivity contribution < 1.29 is 52.2 Å². The highest BCUT2D eigenvalue weighted by molar-refractivity contribution is 7.47. The summed E-state index contributed by atoms with van der Waals surface area (Å²) in [4.78, 5) is 48.4. The fraction of sp³-hybridized carbons (Fsp3) is 0.617. The normalized spacial score (nSPS) is 14.3. The summed E-state index contributed by atoms with van der Waals surface area (Å²) in [6.07, 6.45) is 64.6. The van der Waals surface area contributed by atoms with E-state index in [1.807, 2.05) is 0 Å². The number of phosphoric ester groups is 1. The van der Waals surface area contributed by atoms with Crippen molar-refractivity contribution in [2.24, 2.45) is 0 Å². The molecule has 0 aliphatic rings. The van der Waals surface area contributed by atoms with Crippen molar-refractivity contribution in [3.63, 3.8) is 0 Å². The van der Waals surface area contributed by atoms with Crippen LogP contribution in [0.2, 0.25) is 0 Å². The minimum Gasteiger partial charge on any atom is -0.462 e. The standard InChI is InChI=1S/C60H97O11P/c1-4-7-10-13-16-19-22-24-26-27-28-29-31-33-36-39-42-45-48-51-60(64)71-57(53-67-58(62)49-46-43-40-37-35-32-30-25-23-20-17-14-11-8-5-2)55-69-72(65,66)68-54-56(52-61)70-59(63)50-47-44-41-38-34-21-18-15-12-9-6-3/h7-8,10-11,15-20,24-26,28-30,33,35-37,56-57,61H,4-6,9,12-14,21-23,27,31-32,34,38-55H2,1-3H3,(H,65,66)/b10-7-,11-8-,18-15-,19-16-,20-17-,26-24-,29-28-,30-25-,36-33-,37-35-. The molecule has 0 saturated heterocycles. The number of unbranched alkanes of at least 4 members (excludes halogenated alkanes) is 12. The second-order valence-corrected chi connectivity index (χ2v) is 19.1. The van der Waals surface area contributed by atoms with Gasteiger partial charge in [0.15, 0.2) is 6.10 Å². The molecule has 3 atom stereocenters. The van der Waals surface area contributed by atoms with Gasteiger partial charge in [-0.2, -0.15) is 0 Å². The van der Waals surface area contributed by atoms with E-state index in [0.29, 0.717) is 19.3 Å². The van der Waals surface area contributed by atoms with Crippen LogP contribution in [0.3, 0.4) is 0 Å². The summed E-state index contributed by atoms with van der Waals surface area (Å²) < 4.78 is 39.3. The van der Waals surface area contributed by atoms with Gasteiger partial charge in [-0.1, -0.05) is 181 Å². The van der Waals surface area contributed by atoms with Crippen LogP contribution in [0.25, 0.3) is 0 Å². The average molecular weight is 1030 g/mol. The van der Waals surface area contributed by atoms with E-state index >= 15 is 0 Å². The zero-order valence-electron chi connectivity index (χ0n) is 44.8. The first-order valence-corrected chi connectivity index (χ1v) is 28.9. The zero-order chi connectivity index (χ0) is 52.7. The molecule has 0 aromatic carbocycles. The lowest BCUT2D eigenvalue weighted by molar-refractivity contribution is -0.161. The third-order valence-electron chi connectivity index (χ3n) is 10.8. The SMILES string of the molecule is CC/C=C\C/C=C\C/C=C\C/C=C\C/C=C\CCCCCC(=O)OC(COC(=O)CCCC/C=C\C/C=C\C/C=C\C/C=C\CC)COP(=O)(O)OCC(CO)OC(=O)CCCCCCC/C=C\CCCC. The van der Waals surface area contributed by atoms with Crippen LogP contribution >= 0.6 is 7.82 Å². The molecule has 0 bridgehead atoms. The van der Waals surface area contributed by atoms with Gasteiger partial charge in [0.1, 0.15) is 12.7 Å². The number of carbonyl (C=O) groups excluding carboxylic acids is 3. The van der Waals surface area contributed by atoms with Crippen LogP contribution in [-0.2, 0) is 42.2 Å². The van der Waals surface area contributed by atoms with Crippen molar-refractivity contribution in [3.8, 4) is 0 Å². The van der Waals surface area contributed by atoms with Crippen molar-refractivity contribution in [1.29, 1.82) is 0 Å². The van der Waals surface area contributed by atoms with E-state index in [9.17, 15) is 28.9 Å². The molecule has 0 aliphatic heterocycles. The molecule has 0 rings (SSSR count).